The molecule has 0 aliphatic heterocycles. The maximum absolute atomic E-state index is 12.3. The summed E-state index contributed by atoms with van der Waals surface area (Å²) in [5, 5.41) is 12.2. The number of carbonyl (C=O) groups excluding carboxylic acids is 2. The van der Waals surface area contributed by atoms with Gasteiger partial charge in [-0.1, -0.05) is 19.1 Å². The number of anilines is 1. The Bertz CT molecular complexity index is 1000. The van der Waals surface area contributed by atoms with Crippen LogP contribution in [0.1, 0.15) is 36.5 Å². The maximum atomic E-state index is 12.3. The minimum atomic E-state index is -0.292. The highest BCUT2D eigenvalue weighted by Gasteiger charge is 2.11. The van der Waals surface area contributed by atoms with Crippen molar-refractivity contribution >= 4 is 17.4 Å². The molecule has 3 aromatic rings. The van der Waals surface area contributed by atoms with Crippen molar-refractivity contribution in [1.82, 2.24) is 9.97 Å². The van der Waals surface area contributed by atoms with Gasteiger partial charge in [-0.15, -0.1) is 0 Å². The summed E-state index contributed by atoms with van der Waals surface area (Å²) < 4.78 is 5.50. The van der Waals surface area contributed by atoms with Gasteiger partial charge in [-0.2, -0.15) is 0 Å². The normalized spacial score (nSPS) is 10.4. The number of hydrogen-bond acceptors (Lipinski definition) is 6. The van der Waals surface area contributed by atoms with Crippen LogP contribution in [0.2, 0.25) is 0 Å². The number of amides is 1. The van der Waals surface area contributed by atoms with E-state index in [-0.39, 0.29) is 30.3 Å². The summed E-state index contributed by atoms with van der Waals surface area (Å²) >= 11 is 0. The van der Waals surface area contributed by atoms with Crippen molar-refractivity contribution in [3.8, 4) is 22.9 Å². The Hall–Kier alpha value is -3.74. The molecule has 0 bridgehead atoms. The number of carbonyl (C=O) groups is 2. The number of aromatic hydroxyl groups is 1. The molecule has 0 saturated carbocycles. The van der Waals surface area contributed by atoms with Gasteiger partial charge >= 0.3 is 0 Å². The molecule has 0 aliphatic rings. The lowest BCUT2D eigenvalue weighted by Gasteiger charge is -2.07. The zero-order valence-electron chi connectivity index (χ0n) is 16.7. The van der Waals surface area contributed by atoms with Crippen molar-refractivity contribution in [3.05, 3.63) is 66.5 Å². The third kappa shape index (κ3) is 5.88. The summed E-state index contributed by atoms with van der Waals surface area (Å²) in [6.07, 6.45) is 4.05. The second kappa shape index (κ2) is 10.2. The molecule has 7 nitrogen and oxygen atoms in total. The average Bonchev–Trinajstić information content (AvgIpc) is 2.77. The van der Waals surface area contributed by atoms with Crippen molar-refractivity contribution in [3.63, 3.8) is 0 Å². The molecule has 30 heavy (non-hydrogen) atoms. The van der Waals surface area contributed by atoms with Crippen LogP contribution < -0.4 is 10.1 Å². The topological polar surface area (TPSA) is 101 Å². The van der Waals surface area contributed by atoms with Crippen LogP contribution in [-0.2, 0) is 4.79 Å². The van der Waals surface area contributed by atoms with Crippen LogP contribution in [0.3, 0.4) is 0 Å². The number of Topliss-reactive ketones (excluding diaryl/α,β-unsaturated/α-hetero) is 1. The molecule has 3 rings (SSSR count). The third-order valence-electron chi connectivity index (χ3n) is 4.27. The number of rotatable bonds is 9. The van der Waals surface area contributed by atoms with E-state index < -0.39 is 0 Å². The summed E-state index contributed by atoms with van der Waals surface area (Å²) in [6, 6.07) is 13.5. The largest absolute Gasteiger partial charge is 0.508 e. The fraction of sp³-hybridized carbons (Fsp3) is 0.217. The molecule has 7 heteroatoms. The summed E-state index contributed by atoms with van der Waals surface area (Å²) in [6.45, 7) is 2.66. The summed E-state index contributed by atoms with van der Waals surface area (Å²) in [5.41, 5.74) is 1.66. The first kappa shape index (κ1) is 21.0. The predicted octanol–water partition coefficient (Wildman–Crippen LogP) is 4.24. The second-order valence-corrected chi connectivity index (χ2v) is 6.69. The monoisotopic (exact) mass is 405 g/mol. The van der Waals surface area contributed by atoms with E-state index in [4.69, 9.17) is 4.74 Å². The van der Waals surface area contributed by atoms with Crippen LogP contribution in [0, 0.1) is 0 Å². The van der Waals surface area contributed by atoms with E-state index in [0.29, 0.717) is 29.2 Å². The first-order valence-corrected chi connectivity index (χ1v) is 9.72. The van der Waals surface area contributed by atoms with E-state index in [0.717, 1.165) is 12.2 Å². The zero-order chi connectivity index (χ0) is 21.3. The Morgan fingerprint density at radius 1 is 1.03 bits per heavy atom. The minimum Gasteiger partial charge on any atom is -0.508 e. The SMILES string of the molecule is CCCOc1ccc(C(=O)CCC(=O)Nc2cnc(-c3cccc(O)c3)nc2)cc1. The van der Waals surface area contributed by atoms with Crippen LogP contribution >= 0.6 is 0 Å². The lowest BCUT2D eigenvalue weighted by Crippen LogP contribution is -2.14. The smallest absolute Gasteiger partial charge is 0.224 e. The van der Waals surface area contributed by atoms with Crippen molar-refractivity contribution in [2.45, 2.75) is 26.2 Å². The number of hydrogen-bond donors (Lipinski definition) is 2. The summed E-state index contributed by atoms with van der Waals surface area (Å²) in [5.74, 6) is 0.884. The quantitative estimate of drug-likeness (QED) is 0.516. The molecule has 0 radical (unpaired) electrons. The molecule has 0 fully saturated rings. The molecule has 154 valence electrons. The highest BCUT2D eigenvalue weighted by Crippen LogP contribution is 2.20. The molecule has 1 amide bonds. The first-order valence-electron chi connectivity index (χ1n) is 9.72. The number of benzene rings is 2. The number of phenolic OH excluding ortho intramolecular Hbond substituents is 1. The van der Waals surface area contributed by atoms with Gasteiger partial charge < -0.3 is 15.2 Å². The average molecular weight is 405 g/mol. The molecule has 0 aliphatic carbocycles. The van der Waals surface area contributed by atoms with E-state index in [1.165, 1.54) is 12.4 Å². The minimum absolute atomic E-state index is 0.0568. The van der Waals surface area contributed by atoms with Crippen LogP contribution in [0.25, 0.3) is 11.4 Å². The van der Waals surface area contributed by atoms with Gasteiger partial charge in [0.25, 0.3) is 0 Å². The zero-order valence-corrected chi connectivity index (χ0v) is 16.7. The summed E-state index contributed by atoms with van der Waals surface area (Å²) in [4.78, 5) is 32.8. The van der Waals surface area contributed by atoms with Gasteiger partial charge in [0.2, 0.25) is 5.91 Å². The van der Waals surface area contributed by atoms with E-state index >= 15 is 0 Å². The molecule has 0 unspecified atom stereocenters. The molecule has 1 heterocycles. The molecule has 0 atom stereocenters. The van der Waals surface area contributed by atoms with Crippen LogP contribution in [0.15, 0.2) is 60.9 Å². The molecule has 0 saturated heterocycles. The lowest BCUT2D eigenvalue weighted by atomic mass is 10.1. The van der Waals surface area contributed by atoms with Gasteiger partial charge in [0.15, 0.2) is 11.6 Å². The van der Waals surface area contributed by atoms with Crippen molar-refractivity contribution in [1.29, 1.82) is 0 Å². The van der Waals surface area contributed by atoms with Gasteiger partial charge in [0.05, 0.1) is 24.7 Å². The van der Waals surface area contributed by atoms with Gasteiger partial charge in [-0.25, -0.2) is 9.97 Å². The van der Waals surface area contributed by atoms with E-state index in [1.807, 2.05) is 6.92 Å². The Morgan fingerprint density at radius 3 is 2.43 bits per heavy atom. The molecule has 2 aromatic carbocycles. The van der Waals surface area contributed by atoms with Crippen LogP contribution in [-0.4, -0.2) is 33.4 Å². The fourth-order valence-electron chi connectivity index (χ4n) is 2.74. The molecule has 2 N–H and O–H groups in total. The molecule has 0 spiro atoms. The molecular formula is C23H23N3O4. The highest BCUT2D eigenvalue weighted by molar-refractivity contribution is 6.00. The number of nitrogens with one attached hydrogen (secondary N) is 1. The van der Waals surface area contributed by atoms with Gasteiger partial charge in [-0.05, 0) is 42.8 Å². The van der Waals surface area contributed by atoms with Gasteiger partial charge in [-0.3, -0.25) is 9.59 Å². The maximum Gasteiger partial charge on any atom is 0.224 e. The lowest BCUT2D eigenvalue weighted by molar-refractivity contribution is -0.116. The van der Waals surface area contributed by atoms with Crippen LogP contribution in [0.5, 0.6) is 11.5 Å². The van der Waals surface area contributed by atoms with Gasteiger partial charge in [0, 0.05) is 24.0 Å². The second-order valence-electron chi connectivity index (χ2n) is 6.69. The molecular weight excluding hydrogens is 382 g/mol. The van der Waals surface area contributed by atoms with E-state index in [9.17, 15) is 14.7 Å². The highest BCUT2D eigenvalue weighted by atomic mass is 16.5. The standard InChI is InChI=1S/C23H23N3O4/c1-2-12-30-20-8-6-16(7-9-20)21(28)10-11-22(29)26-18-14-24-23(25-15-18)17-4-3-5-19(27)13-17/h3-9,13-15,27H,2,10-12H2,1H3,(H,26,29). The Kier molecular flexibility index (Phi) is 7.10. The Morgan fingerprint density at radius 2 is 1.77 bits per heavy atom. The Labute approximate surface area is 174 Å². The van der Waals surface area contributed by atoms with Crippen molar-refractivity contribution < 1.29 is 19.4 Å². The van der Waals surface area contributed by atoms with Crippen molar-refractivity contribution in [2.75, 3.05) is 11.9 Å². The number of phenols is 1. The van der Waals surface area contributed by atoms with Crippen LogP contribution in [0.4, 0.5) is 5.69 Å². The van der Waals surface area contributed by atoms with Crippen molar-refractivity contribution in [2.24, 2.45) is 0 Å². The number of ketones is 1. The Balaban J connectivity index is 1.50. The summed E-state index contributed by atoms with van der Waals surface area (Å²) in [7, 11) is 0. The number of ether oxygens (including phenoxy) is 1. The molecule has 1 aromatic heterocycles. The first-order chi connectivity index (χ1) is 14.5. The number of aromatic nitrogens is 2. The van der Waals surface area contributed by atoms with Gasteiger partial charge in [0.1, 0.15) is 11.5 Å². The fourth-order valence-corrected chi connectivity index (χ4v) is 2.74. The van der Waals surface area contributed by atoms with E-state index in [1.54, 1.807) is 48.5 Å². The predicted molar refractivity (Wildman–Crippen MR) is 114 cm³/mol. The van der Waals surface area contributed by atoms with E-state index in [2.05, 4.69) is 15.3 Å². The number of nitrogens with zero attached hydrogens (tertiary/aromatic N) is 2. The third-order valence-corrected chi connectivity index (χ3v) is 4.27.